The Morgan fingerprint density at radius 3 is 2.70 bits per heavy atom. The van der Waals surface area contributed by atoms with Crippen molar-refractivity contribution in [3.63, 3.8) is 0 Å². The van der Waals surface area contributed by atoms with E-state index in [1.54, 1.807) is 30.5 Å². The van der Waals surface area contributed by atoms with Crippen molar-refractivity contribution in [3.05, 3.63) is 71.9 Å². The van der Waals surface area contributed by atoms with Gasteiger partial charge in [0.05, 0.1) is 17.1 Å². The Morgan fingerprint density at radius 1 is 1.05 bits per heavy atom. The molecule has 0 aliphatic heterocycles. The first-order valence-corrected chi connectivity index (χ1v) is 6.32. The maximum absolute atomic E-state index is 8.74. The summed E-state index contributed by atoms with van der Waals surface area (Å²) in [7, 11) is 0. The lowest BCUT2D eigenvalue weighted by atomic mass is 10.1. The van der Waals surface area contributed by atoms with Crippen LogP contribution in [0, 0.1) is 11.3 Å². The van der Waals surface area contributed by atoms with Crippen molar-refractivity contribution in [3.8, 4) is 11.8 Å². The van der Waals surface area contributed by atoms with Crippen molar-refractivity contribution in [1.29, 1.82) is 5.26 Å². The molecule has 1 heterocycles. The molecule has 0 N–H and O–H groups in total. The summed E-state index contributed by atoms with van der Waals surface area (Å²) in [5.74, 6) is 0.760. The number of pyridine rings is 1. The Hall–Kier alpha value is -2.86. The molecular formula is C17H12N2O. The Labute approximate surface area is 117 Å². The van der Waals surface area contributed by atoms with E-state index in [0.29, 0.717) is 12.2 Å². The van der Waals surface area contributed by atoms with Gasteiger partial charge in [0, 0.05) is 11.6 Å². The molecule has 3 aromatic rings. The van der Waals surface area contributed by atoms with Gasteiger partial charge in [-0.25, -0.2) is 0 Å². The maximum Gasteiger partial charge on any atom is 0.119 e. The van der Waals surface area contributed by atoms with E-state index in [2.05, 4.69) is 17.1 Å². The summed E-state index contributed by atoms with van der Waals surface area (Å²) in [6, 6.07) is 19.2. The zero-order valence-electron chi connectivity index (χ0n) is 10.8. The van der Waals surface area contributed by atoms with Crippen LogP contribution in [-0.4, -0.2) is 4.98 Å². The molecule has 0 amide bonds. The van der Waals surface area contributed by atoms with Crippen LogP contribution in [-0.2, 0) is 6.61 Å². The van der Waals surface area contributed by atoms with Crippen molar-refractivity contribution in [2.75, 3.05) is 0 Å². The summed E-state index contributed by atoms with van der Waals surface area (Å²) >= 11 is 0. The van der Waals surface area contributed by atoms with Gasteiger partial charge in [0.1, 0.15) is 12.4 Å². The van der Waals surface area contributed by atoms with Gasteiger partial charge in [-0.2, -0.15) is 5.26 Å². The third-order valence-corrected chi connectivity index (χ3v) is 3.06. The molecule has 0 atom stereocenters. The molecular weight excluding hydrogens is 248 g/mol. The highest BCUT2D eigenvalue weighted by molar-refractivity contribution is 5.78. The minimum Gasteiger partial charge on any atom is -0.489 e. The Kier molecular flexibility index (Phi) is 3.30. The van der Waals surface area contributed by atoms with Crippen molar-refractivity contribution >= 4 is 10.9 Å². The van der Waals surface area contributed by atoms with Crippen LogP contribution in [0.4, 0.5) is 0 Å². The number of nitrogens with zero attached hydrogens (tertiary/aromatic N) is 2. The zero-order chi connectivity index (χ0) is 13.8. The summed E-state index contributed by atoms with van der Waals surface area (Å²) in [6.07, 6.45) is 1.79. The fourth-order valence-electron chi connectivity index (χ4n) is 2.01. The van der Waals surface area contributed by atoms with Gasteiger partial charge in [0.25, 0.3) is 0 Å². The molecule has 0 saturated carbocycles. The number of ether oxygens (including phenoxy) is 1. The molecule has 1 aromatic heterocycles. The lowest BCUT2D eigenvalue weighted by Gasteiger charge is -2.07. The number of benzene rings is 2. The molecule has 0 bridgehead atoms. The van der Waals surface area contributed by atoms with Crippen LogP contribution in [0.2, 0.25) is 0 Å². The first-order chi connectivity index (χ1) is 9.85. The average molecular weight is 260 g/mol. The first kappa shape index (κ1) is 12.2. The number of fused-ring (bicyclic) bond motifs is 1. The number of hydrogen-bond donors (Lipinski definition) is 0. The molecule has 0 spiro atoms. The van der Waals surface area contributed by atoms with Gasteiger partial charge in [-0.15, -0.1) is 0 Å². The van der Waals surface area contributed by atoms with Crippen LogP contribution >= 0.6 is 0 Å². The molecule has 3 nitrogen and oxygen atoms in total. The molecule has 0 fully saturated rings. The van der Waals surface area contributed by atoms with E-state index in [0.717, 1.165) is 22.2 Å². The van der Waals surface area contributed by atoms with E-state index >= 15 is 0 Å². The lowest BCUT2D eigenvalue weighted by molar-refractivity contribution is 0.306. The highest BCUT2D eigenvalue weighted by atomic mass is 16.5. The summed E-state index contributed by atoms with van der Waals surface area (Å²) in [4.78, 5) is 4.29. The zero-order valence-corrected chi connectivity index (χ0v) is 10.8. The second-order valence-corrected chi connectivity index (χ2v) is 4.46. The molecule has 96 valence electrons. The van der Waals surface area contributed by atoms with Crippen LogP contribution < -0.4 is 4.74 Å². The Morgan fingerprint density at radius 2 is 1.90 bits per heavy atom. The van der Waals surface area contributed by atoms with Crippen LogP contribution in [0.1, 0.15) is 11.1 Å². The van der Waals surface area contributed by atoms with E-state index in [4.69, 9.17) is 10.00 Å². The maximum atomic E-state index is 8.74. The fraction of sp³-hybridized carbons (Fsp3) is 0.0588. The monoisotopic (exact) mass is 260 g/mol. The molecule has 0 unspecified atom stereocenters. The SMILES string of the molecule is N#Cc1ccc(OCc2ccc3ncccc3c2)cc1. The minimum absolute atomic E-state index is 0.497. The van der Waals surface area contributed by atoms with E-state index in [1.165, 1.54) is 0 Å². The second kappa shape index (κ2) is 5.41. The first-order valence-electron chi connectivity index (χ1n) is 6.32. The van der Waals surface area contributed by atoms with Gasteiger partial charge in [0.15, 0.2) is 0 Å². The minimum atomic E-state index is 0.497. The number of hydrogen-bond acceptors (Lipinski definition) is 3. The predicted octanol–water partition coefficient (Wildman–Crippen LogP) is 3.69. The predicted molar refractivity (Wildman–Crippen MR) is 77.2 cm³/mol. The summed E-state index contributed by atoms with van der Waals surface area (Å²) in [6.45, 7) is 0.497. The van der Waals surface area contributed by atoms with Gasteiger partial charge in [-0.1, -0.05) is 12.1 Å². The lowest BCUT2D eigenvalue weighted by Crippen LogP contribution is -1.95. The number of aromatic nitrogens is 1. The molecule has 2 aromatic carbocycles. The van der Waals surface area contributed by atoms with E-state index in [1.807, 2.05) is 24.3 Å². The van der Waals surface area contributed by atoms with Crippen molar-refractivity contribution < 1.29 is 4.74 Å². The van der Waals surface area contributed by atoms with Crippen molar-refractivity contribution in [1.82, 2.24) is 4.98 Å². The van der Waals surface area contributed by atoms with Crippen LogP contribution in [0.3, 0.4) is 0 Å². The fourth-order valence-corrected chi connectivity index (χ4v) is 2.01. The molecule has 0 aliphatic rings. The quantitative estimate of drug-likeness (QED) is 0.721. The summed E-state index contributed by atoms with van der Waals surface area (Å²) < 4.78 is 5.71. The standard InChI is InChI=1S/C17H12N2O/c18-11-13-3-6-16(7-4-13)20-12-14-5-8-17-15(10-14)2-1-9-19-17/h1-10H,12H2. The van der Waals surface area contributed by atoms with Gasteiger partial charge < -0.3 is 4.74 Å². The number of rotatable bonds is 3. The van der Waals surface area contributed by atoms with Crippen LogP contribution in [0.5, 0.6) is 5.75 Å². The summed E-state index contributed by atoms with van der Waals surface area (Å²) in [5, 5.41) is 9.85. The van der Waals surface area contributed by atoms with Crippen LogP contribution in [0.15, 0.2) is 60.8 Å². The third kappa shape index (κ3) is 2.60. The Balaban J connectivity index is 1.74. The highest BCUT2D eigenvalue weighted by Gasteiger charge is 1.99. The van der Waals surface area contributed by atoms with Gasteiger partial charge in [0.2, 0.25) is 0 Å². The smallest absolute Gasteiger partial charge is 0.119 e. The second-order valence-electron chi connectivity index (χ2n) is 4.46. The third-order valence-electron chi connectivity index (χ3n) is 3.06. The van der Waals surface area contributed by atoms with E-state index < -0.39 is 0 Å². The molecule has 0 aliphatic carbocycles. The Bertz CT molecular complexity index is 773. The van der Waals surface area contributed by atoms with Gasteiger partial charge >= 0.3 is 0 Å². The van der Waals surface area contributed by atoms with Gasteiger partial charge in [-0.3, -0.25) is 4.98 Å². The summed E-state index contributed by atoms with van der Waals surface area (Å²) in [5.41, 5.74) is 2.71. The van der Waals surface area contributed by atoms with Crippen LogP contribution in [0.25, 0.3) is 10.9 Å². The molecule has 20 heavy (non-hydrogen) atoms. The van der Waals surface area contributed by atoms with E-state index in [-0.39, 0.29) is 0 Å². The van der Waals surface area contributed by atoms with Crippen molar-refractivity contribution in [2.45, 2.75) is 6.61 Å². The number of nitriles is 1. The normalized spacial score (nSPS) is 10.2. The largest absolute Gasteiger partial charge is 0.489 e. The van der Waals surface area contributed by atoms with Gasteiger partial charge in [-0.05, 0) is 48.0 Å². The van der Waals surface area contributed by atoms with E-state index in [9.17, 15) is 0 Å². The van der Waals surface area contributed by atoms with Crippen molar-refractivity contribution in [2.24, 2.45) is 0 Å². The average Bonchev–Trinajstić information content (AvgIpc) is 2.53. The molecule has 3 rings (SSSR count). The topological polar surface area (TPSA) is 45.9 Å². The molecule has 3 heteroatoms. The molecule has 0 radical (unpaired) electrons. The molecule has 0 saturated heterocycles. The highest BCUT2D eigenvalue weighted by Crippen LogP contribution is 2.17.